The van der Waals surface area contributed by atoms with E-state index in [2.05, 4.69) is 10.3 Å². The third-order valence-corrected chi connectivity index (χ3v) is 6.38. The minimum Gasteiger partial charge on any atom is -0.497 e. The van der Waals surface area contributed by atoms with Crippen molar-refractivity contribution in [1.29, 1.82) is 0 Å². The van der Waals surface area contributed by atoms with Crippen molar-refractivity contribution in [1.82, 2.24) is 10.3 Å². The summed E-state index contributed by atoms with van der Waals surface area (Å²) in [5.74, 6) is -2.02. The van der Waals surface area contributed by atoms with E-state index in [0.29, 0.717) is 29.5 Å². The summed E-state index contributed by atoms with van der Waals surface area (Å²) in [6, 6.07) is 7.35. The topological polar surface area (TPSA) is 101 Å². The van der Waals surface area contributed by atoms with Crippen LogP contribution in [0.25, 0.3) is 17.0 Å². The zero-order valence-electron chi connectivity index (χ0n) is 20.0. The molecular weight excluding hydrogens is 489 g/mol. The van der Waals surface area contributed by atoms with E-state index in [1.807, 2.05) is 0 Å². The van der Waals surface area contributed by atoms with Crippen LogP contribution in [-0.2, 0) is 9.53 Å². The number of methoxy groups -OCH3 is 1. The summed E-state index contributed by atoms with van der Waals surface area (Å²) in [6.07, 6.45) is 1.71. The van der Waals surface area contributed by atoms with Crippen LogP contribution < -0.4 is 10.1 Å². The van der Waals surface area contributed by atoms with Gasteiger partial charge in [-0.2, -0.15) is 0 Å². The van der Waals surface area contributed by atoms with Crippen molar-refractivity contribution in [2.75, 3.05) is 13.7 Å². The molecule has 0 bridgehead atoms. The average molecular weight is 517 g/mol. The van der Waals surface area contributed by atoms with Gasteiger partial charge in [0.15, 0.2) is 0 Å². The summed E-state index contributed by atoms with van der Waals surface area (Å²) in [7, 11) is 1.49. The zero-order chi connectivity index (χ0) is 26.5. The lowest BCUT2D eigenvalue weighted by Crippen LogP contribution is -2.50. The summed E-state index contributed by atoms with van der Waals surface area (Å²) in [6.45, 7) is -0.399. The van der Waals surface area contributed by atoms with E-state index in [1.54, 1.807) is 18.2 Å². The Morgan fingerprint density at radius 3 is 2.78 bits per heavy atom. The molecule has 1 fully saturated rings. The van der Waals surface area contributed by atoms with E-state index in [-0.39, 0.29) is 17.5 Å². The van der Waals surface area contributed by atoms with Crippen molar-refractivity contribution >= 4 is 22.9 Å². The molecule has 3 N–H and O–H groups in total. The molecule has 196 valence electrons. The first-order chi connectivity index (χ1) is 17.8. The molecule has 0 aliphatic carbocycles. The number of hydrogen-bond donors (Lipinski definition) is 3. The van der Waals surface area contributed by atoms with Crippen molar-refractivity contribution in [2.24, 2.45) is 0 Å². The maximum atomic E-state index is 14.7. The van der Waals surface area contributed by atoms with Crippen molar-refractivity contribution in [3.05, 3.63) is 77.2 Å². The minimum absolute atomic E-state index is 0.0587. The number of aliphatic hydroxyl groups is 2. The first-order valence-corrected chi connectivity index (χ1v) is 11.8. The Hall–Kier alpha value is -3.47. The predicted octanol–water partition coefficient (Wildman–Crippen LogP) is 3.82. The number of halogens is 3. The fraction of sp³-hybridized carbons (Fsp3) is 0.333. The van der Waals surface area contributed by atoms with E-state index >= 15 is 0 Å². The Kier molecular flexibility index (Phi) is 8.42. The number of fused-ring (bicyclic) bond motifs is 1. The van der Waals surface area contributed by atoms with Crippen molar-refractivity contribution in [3.8, 4) is 5.75 Å². The Balaban J connectivity index is 1.40. The third kappa shape index (κ3) is 6.27. The second-order valence-electron chi connectivity index (χ2n) is 8.83. The van der Waals surface area contributed by atoms with Gasteiger partial charge in [-0.25, -0.2) is 13.2 Å². The quantitative estimate of drug-likeness (QED) is 0.394. The predicted molar refractivity (Wildman–Crippen MR) is 130 cm³/mol. The molecule has 0 unspecified atom stereocenters. The van der Waals surface area contributed by atoms with Gasteiger partial charge in [-0.3, -0.25) is 9.78 Å². The molecule has 3 aromatic rings. The number of carbonyl (C=O) groups is 1. The number of aromatic nitrogens is 1. The largest absolute Gasteiger partial charge is 0.497 e. The normalized spacial score (nSPS) is 20.8. The molecule has 0 spiro atoms. The number of amides is 1. The van der Waals surface area contributed by atoms with Gasteiger partial charge in [-0.15, -0.1) is 0 Å². The zero-order valence-corrected chi connectivity index (χ0v) is 20.0. The second kappa shape index (κ2) is 11.7. The molecule has 37 heavy (non-hydrogen) atoms. The van der Waals surface area contributed by atoms with E-state index in [4.69, 9.17) is 9.47 Å². The molecule has 1 aliphatic heterocycles. The van der Waals surface area contributed by atoms with Gasteiger partial charge < -0.3 is 25.0 Å². The molecular formula is C27H27F3N2O5. The molecule has 1 amide bonds. The van der Waals surface area contributed by atoms with Crippen molar-refractivity contribution in [2.45, 2.75) is 43.6 Å². The number of benzene rings is 2. The molecule has 1 aromatic heterocycles. The number of ether oxygens (including phenoxy) is 2. The molecule has 4 atom stereocenters. The SMILES string of the molecule is COc1ccc2ncc(F)c([C@H](O)C[C@@H]3CC[C@@H](NC(=O)/C=C/c4cc(F)ccc4F)[C@@H](CO)O3)c2c1. The standard InChI is InChI=1S/C27H27F3N2O5/c1-36-17-4-7-22-19(11-17)27(21(30)13-31-22)24(34)12-18-5-8-23(25(14-33)37-18)32-26(35)9-2-15-10-16(28)3-6-20(15)29/h2-4,6-7,9-11,13,18,23-25,33-34H,5,8,12,14H2,1H3,(H,32,35)/b9-2+/t18-,23+,24+,25+/m0/s1. The Bertz CT molecular complexity index is 1300. The fourth-order valence-electron chi connectivity index (χ4n) is 4.51. The summed E-state index contributed by atoms with van der Waals surface area (Å²) < 4.78 is 52.9. The number of carbonyl (C=O) groups excluding carboxylic acids is 1. The monoisotopic (exact) mass is 516 g/mol. The lowest BCUT2D eigenvalue weighted by atomic mass is 9.92. The average Bonchev–Trinajstić information content (AvgIpc) is 2.89. The number of aliphatic hydroxyl groups excluding tert-OH is 2. The van der Waals surface area contributed by atoms with Crippen LogP contribution in [0, 0.1) is 17.5 Å². The number of nitrogens with one attached hydrogen (secondary N) is 1. The lowest BCUT2D eigenvalue weighted by molar-refractivity contribution is -0.126. The van der Waals surface area contributed by atoms with Crippen LogP contribution in [0.1, 0.15) is 36.5 Å². The molecule has 0 saturated carbocycles. The van der Waals surface area contributed by atoms with Crippen LogP contribution in [0.3, 0.4) is 0 Å². The first-order valence-electron chi connectivity index (χ1n) is 11.8. The first kappa shape index (κ1) is 26.6. The van der Waals surface area contributed by atoms with E-state index in [9.17, 15) is 28.2 Å². The number of pyridine rings is 1. The molecule has 1 aliphatic rings. The number of rotatable bonds is 8. The van der Waals surface area contributed by atoms with Gasteiger partial charge in [0.1, 0.15) is 29.3 Å². The van der Waals surface area contributed by atoms with Gasteiger partial charge in [-0.05, 0) is 55.3 Å². The van der Waals surface area contributed by atoms with Gasteiger partial charge in [-0.1, -0.05) is 0 Å². The van der Waals surface area contributed by atoms with E-state index in [1.165, 1.54) is 7.11 Å². The van der Waals surface area contributed by atoms with Crippen LogP contribution in [0.4, 0.5) is 13.2 Å². The van der Waals surface area contributed by atoms with Crippen molar-refractivity contribution < 1.29 is 37.7 Å². The fourth-order valence-corrected chi connectivity index (χ4v) is 4.51. The van der Waals surface area contributed by atoms with E-state index < -0.39 is 54.3 Å². The van der Waals surface area contributed by atoms with Gasteiger partial charge >= 0.3 is 0 Å². The molecule has 2 heterocycles. The van der Waals surface area contributed by atoms with Gasteiger partial charge in [0.25, 0.3) is 0 Å². The van der Waals surface area contributed by atoms with Gasteiger partial charge in [0.2, 0.25) is 5.91 Å². The smallest absolute Gasteiger partial charge is 0.244 e. The molecule has 0 radical (unpaired) electrons. The van der Waals surface area contributed by atoms with Crippen LogP contribution >= 0.6 is 0 Å². The van der Waals surface area contributed by atoms with Crippen molar-refractivity contribution in [3.63, 3.8) is 0 Å². The minimum atomic E-state index is -1.21. The summed E-state index contributed by atoms with van der Waals surface area (Å²) in [5.41, 5.74) is 0.512. The maximum Gasteiger partial charge on any atom is 0.244 e. The summed E-state index contributed by atoms with van der Waals surface area (Å²) in [5, 5.41) is 23.9. The van der Waals surface area contributed by atoms with Crippen LogP contribution in [0.2, 0.25) is 0 Å². The molecule has 7 nitrogen and oxygen atoms in total. The Labute approximate surface area is 211 Å². The third-order valence-electron chi connectivity index (χ3n) is 6.38. The maximum absolute atomic E-state index is 14.7. The lowest BCUT2D eigenvalue weighted by Gasteiger charge is -2.36. The summed E-state index contributed by atoms with van der Waals surface area (Å²) >= 11 is 0. The Morgan fingerprint density at radius 1 is 1.22 bits per heavy atom. The van der Waals surface area contributed by atoms with E-state index in [0.717, 1.165) is 36.5 Å². The molecule has 1 saturated heterocycles. The van der Waals surface area contributed by atoms with Crippen LogP contribution in [0.15, 0.2) is 48.7 Å². The second-order valence-corrected chi connectivity index (χ2v) is 8.83. The summed E-state index contributed by atoms with van der Waals surface area (Å²) in [4.78, 5) is 16.4. The highest BCUT2D eigenvalue weighted by Crippen LogP contribution is 2.33. The number of nitrogens with zero attached hydrogens (tertiary/aromatic N) is 1. The molecule has 10 heteroatoms. The number of hydrogen-bond acceptors (Lipinski definition) is 6. The Morgan fingerprint density at radius 2 is 2.03 bits per heavy atom. The highest BCUT2D eigenvalue weighted by atomic mass is 19.1. The highest BCUT2D eigenvalue weighted by molar-refractivity contribution is 5.92. The van der Waals surface area contributed by atoms with Crippen LogP contribution in [-0.4, -0.2) is 53.1 Å². The van der Waals surface area contributed by atoms with Crippen LogP contribution in [0.5, 0.6) is 5.75 Å². The van der Waals surface area contributed by atoms with Gasteiger partial charge in [0.05, 0.1) is 43.7 Å². The molecule has 4 rings (SSSR count). The highest BCUT2D eigenvalue weighted by Gasteiger charge is 2.33. The molecule has 2 aromatic carbocycles. The van der Waals surface area contributed by atoms with Gasteiger partial charge in [0, 0.05) is 29.0 Å².